The van der Waals surface area contributed by atoms with E-state index in [0.29, 0.717) is 29.5 Å². The quantitative estimate of drug-likeness (QED) is 0.607. The lowest BCUT2D eigenvalue weighted by molar-refractivity contribution is -0.157. The van der Waals surface area contributed by atoms with Crippen LogP contribution in [-0.4, -0.2) is 54.0 Å². The minimum Gasteiger partial charge on any atom is -0.508 e. The number of carbonyl (C=O) groups excluding carboxylic acids is 1. The van der Waals surface area contributed by atoms with Gasteiger partial charge in [-0.15, -0.1) is 0 Å². The number of nitrogens with zero attached hydrogens (tertiary/aromatic N) is 1. The molecule has 7 nitrogen and oxygen atoms in total. The van der Waals surface area contributed by atoms with E-state index in [4.69, 9.17) is 14.2 Å². The average Bonchev–Trinajstić information content (AvgIpc) is 2.83. The zero-order valence-corrected chi connectivity index (χ0v) is 19.3. The number of rotatable bonds is 7. The van der Waals surface area contributed by atoms with Gasteiger partial charge in [-0.25, -0.2) is 0 Å². The van der Waals surface area contributed by atoms with E-state index in [1.807, 2.05) is 12.1 Å². The molecular weight excluding hydrogens is 422 g/mol. The Morgan fingerprint density at radius 1 is 1.06 bits per heavy atom. The number of aromatic hydroxyl groups is 1. The lowest BCUT2D eigenvalue weighted by Crippen LogP contribution is -2.49. The second-order valence-corrected chi connectivity index (χ2v) is 8.91. The van der Waals surface area contributed by atoms with Crippen molar-refractivity contribution in [2.24, 2.45) is 0 Å². The molecule has 2 heterocycles. The summed E-state index contributed by atoms with van der Waals surface area (Å²) in [4.78, 5) is 15.2. The van der Waals surface area contributed by atoms with Crippen LogP contribution in [0.3, 0.4) is 0 Å². The summed E-state index contributed by atoms with van der Waals surface area (Å²) in [6, 6.07) is 12.7. The van der Waals surface area contributed by atoms with Crippen molar-refractivity contribution < 1.29 is 29.2 Å². The first-order valence-electron chi connectivity index (χ1n) is 11.6. The van der Waals surface area contributed by atoms with Crippen molar-refractivity contribution in [1.82, 2.24) is 4.90 Å². The van der Waals surface area contributed by atoms with E-state index in [0.717, 1.165) is 24.9 Å². The van der Waals surface area contributed by atoms with Crippen LogP contribution in [0.5, 0.6) is 17.2 Å². The SMILES string of the molecule is COc1ccc([C@H]2C[C@@H](OC(=O)C[C@H](O)c3ccc(O)cc3)C[C@H]3CCCCN32)cc1OC. The topological polar surface area (TPSA) is 88.5 Å². The van der Waals surface area contributed by atoms with Crippen molar-refractivity contribution >= 4 is 5.97 Å². The van der Waals surface area contributed by atoms with Gasteiger partial charge in [-0.3, -0.25) is 9.69 Å². The van der Waals surface area contributed by atoms with Gasteiger partial charge in [0.1, 0.15) is 11.9 Å². The molecule has 0 radical (unpaired) electrons. The van der Waals surface area contributed by atoms with E-state index in [1.165, 1.54) is 25.0 Å². The van der Waals surface area contributed by atoms with Crippen LogP contribution >= 0.6 is 0 Å². The van der Waals surface area contributed by atoms with Crippen LogP contribution < -0.4 is 9.47 Å². The molecule has 2 aromatic rings. The van der Waals surface area contributed by atoms with Gasteiger partial charge in [0, 0.05) is 24.9 Å². The maximum absolute atomic E-state index is 12.7. The first kappa shape index (κ1) is 23.4. The number of aliphatic hydroxyl groups is 1. The molecule has 178 valence electrons. The highest BCUT2D eigenvalue weighted by atomic mass is 16.5. The number of fused-ring (bicyclic) bond motifs is 1. The predicted octanol–water partition coefficient (Wildman–Crippen LogP) is 4.13. The van der Waals surface area contributed by atoms with Gasteiger partial charge in [0.25, 0.3) is 0 Å². The Kier molecular flexibility index (Phi) is 7.40. The van der Waals surface area contributed by atoms with Crippen molar-refractivity contribution in [2.45, 2.75) is 62.8 Å². The van der Waals surface area contributed by atoms with Crippen molar-refractivity contribution in [3.8, 4) is 17.2 Å². The predicted molar refractivity (Wildman–Crippen MR) is 123 cm³/mol. The van der Waals surface area contributed by atoms with Crippen LogP contribution in [0.15, 0.2) is 42.5 Å². The zero-order valence-electron chi connectivity index (χ0n) is 19.3. The zero-order chi connectivity index (χ0) is 23.4. The molecule has 2 fully saturated rings. The molecular formula is C26H33NO6. The van der Waals surface area contributed by atoms with E-state index < -0.39 is 12.1 Å². The average molecular weight is 456 g/mol. The molecule has 0 bridgehead atoms. The molecule has 7 heteroatoms. The number of hydrogen-bond acceptors (Lipinski definition) is 7. The van der Waals surface area contributed by atoms with E-state index in [-0.39, 0.29) is 24.3 Å². The maximum atomic E-state index is 12.7. The second kappa shape index (κ2) is 10.4. The highest BCUT2D eigenvalue weighted by molar-refractivity contribution is 5.70. The number of carbonyl (C=O) groups is 1. The largest absolute Gasteiger partial charge is 0.508 e. The number of phenolic OH excluding ortho intramolecular Hbond substituents is 1. The maximum Gasteiger partial charge on any atom is 0.309 e. The lowest BCUT2D eigenvalue weighted by atomic mass is 9.84. The molecule has 2 N–H and O–H groups in total. The Morgan fingerprint density at radius 3 is 2.55 bits per heavy atom. The highest BCUT2D eigenvalue weighted by Gasteiger charge is 2.39. The third-order valence-corrected chi connectivity index (χ3v) is 6.82. The lowest BCUT2D eigenvalue weighted by Gasteiger charge is -2.47. The number of ether oxygens (including phenoxy) is 3. The Morgan fingerprint density at radius 2 is 1.82 bits per heavy atom. The summed E-state index contributed by atoms with van der Waals surface area (Å²) >= 11 is 0. The molecule has 2 aliphatic rings. The third-order valence-electron chi connectivity index (χ3n) is 6.82. The fourth-order valence-electron chi connectivity index (χ4n) is 5.16. The fraction of sp³-hybridized carbons (Fsp3) is 0.500. The molecule has 33 heavy (non-hydrogen) atoms. The number of phenols is 1. The minimum absolute atomic E-state index is 0.114. The number of hydrogen-bond donors (Lipinski definition) is 2. The summed E-state index contributed by atoms with van der Waals surface area (Å²) in [5.74, 6) is 1.10. The van der Waals surface area contributed by atoms with Gasteiger partial charge in [0.05, 0.1) is 26.7 Å². The van der Waals surface area contributed by atoms with Crippen molar-refractivity contribution in [3.05, 3.63) is 53.6 Å². The smallest absolute Gasteiger partial charge is 0.309 e. The monoisotopic (exact) mass is 455 g/mol. The van der Waals surface area contributed by atoms with Gasteiger partial charge >= 0.3 is 5.97 Å². The van der Waals surface area contributed by atoms with Gasteiger partial charge in [0.15, 0.2) is 11.5 Å². The van der Waals surface area contributed by atoms with Crippen LogP contribution in [0, 0.1) is 0 Å². The first-order chi connectivity index (χ1) is 16.0. The van der Waals surface area contributed by atoms with Crippen LogP contribution in [0.4, 0.5) is 0 Å². The molecule has 2 aliphatic heterocycles. The van der Waals surface area contributed by atoms with Gasteiger partial charge < -0.3 is 24.4 Å². The molecule has 0 aromatic heterocycles. The Bertz CT molecular complexity index is 946. The Labute approximate surface area is 194 Å². The molecule has 0 saturated carbocycles. The van der Waals surface area contributed by atoms with Crippen LogP contribution in [0.25, 0.3) is 0 Å². The van der Waals surface area contributed by atoms with Gasteiger partial charge in [-0.1, -0.05) is 24.6 Å². The summed E-state index contributed by atoms with van der Waals surface area (Å²) in [6.45, 7) is 1.03. The van der Waals surface area contributed by atoms with Crippen molar-refractivity contribution in [3.63, 3.8) is 0 Å². The van der Waals surface area contributed by atoms with Crippen LogP contribution in [0.1, 0.15) is 61.8 Å². The van der Waals surface area contributed by atoms with E-state index >= 15 is 0 Å². The molecule has 0 spiro atoms. The summed E-state index contributed by atoms with van der Waals surface area (Å²) in [5.41, 5.74) is 1.71. The summed E-state index contributed by atoms with van der Waals surface area (Å²) in [7, 11) is 3.26. The Hall–Kier alpha value is -2.77. The molecule has 2 saturated heterocycles. The fourth-order valence-corrected chi connectivity index (χ4v) is 5.16. The van der Waals surface area contributed by atoms with E-state index in [1.54, 1.807) is 26.4 Å². The minimum atomic E-state index is -0.963. The standard InChI is InChI=1S/C26H33NO6/c1-31-24-11-8-18(13-25(24)32-2)22-15-21(14-19-5-3-4-12-27(19)22)33-26(30)16-23(29)17-6-9-20(28)10-7-17/h6-11,13,19,21-23,28-29H,3-5,12,14-16H2,1-2H3/t19-,21+,22-,23+/m1/s1. The van der Waals surface area contributed by atoms with Crippen LogP contribution in [-0.2, 0) is 9.53 Å². The first-order valence-corrected chi connectivity index (χ1v) is 11.6. The molecule has 0 amide bonds. The van der Waals surface area contributed by atoms with Gasteiger partial charge in [-0.2, -0.15) is 0 Å². The molecule has 0 unspecified atom stereocenters. The normalized spacial score (nSPS) is 23.9. The second-order valence-electron chi connectivity index (χ2n) is 8.91. The van der Waals surface area contributed by atoms with Crippen molar-refractivity contribution in [2.75, 3.05) is 20.8 Å². The highest BCUT2D eigenvalue weighted by Crippen LogP contribution is 2.42. The number of methoxy groups -OCH3 is 2. The van der Waals surface area contributed by atoms with E-state index in [2.05, 4.69) is 11.0 Å². The van der Waals surface area contributed by atoms with Gasteiger partial charge in [0.2, 0.25) is 0 Å². The molecule has 4 atom stereocenters. The third kappa shape index (κ3) is 5.42. The van der Waals surface area contributed by atoms with Crippen molar-refractivity contribution in [1.29, 1.82) is 0 Å². The van der Waals surface area contributed by atoms with Gasteiger partial charge in [-0.05, 0) is 54.8 Å². The van der Waals surface area contributed by atoms with Crippen LogP contribution in [0.2, 0.25) is 0 Å². The summed E-state index contributed by atoms with van der Waals surface area (Å²) in [6.07, 6.45) is 3.67. The number of piperidine rings is 2. The number of esters is 1. The van der Waals surface area contributed by atoms with E-state index in [9.17, 15) is 15.0 Å². The Balaban J connectivity index is 1.46. The molecule has 4 rings (SSSR count). The molecule has 0 aliphatic carbocycles. The molecule has 2 aromatic carbocycles. The number of aliphatic hydroxyl groups excluding tert-OH is 1. The summed E-state index contributed by atoms with van der Waals surface area (Å²) in [5, 5.41) is 19.8. The summed E-state index contributed by atoms with van der Waals surface area (Å²) < 4.78 is 16.8. The number of benzene rings is 2.